The van der Waals surface area contributed by atoms with Crippen molar-refractivity contribution in [1.29, 1.82) is 0 Å². The second-order valence-corrected chi connectivity index (χ2v) is 7.71. The van der Waals surface area contributed by atoms with E-state index in [4.69, 9.17) is 11.5 Å². The number of nitrogen functional groups attached to an aromatic ring is 2. The number of thioether (sulfide) groups is 1. The topological polar surface area (TPSA) is 149 Å². The van der Waals surface area contributed by atoms with Gasteiger partial charge in [0.25, 0.3) is 0 Å². The first kappa shape index (κ1) is 17.7. The van der Waals surface area contributed by atoms with E-state index in [1.165, 1.54) is 25.7 Å². The lowest BCUT2D eigenvalue weighted by molar-refractivity contribution is -0.117. The molecular weight excluding hydrogens is 342 g/mol. The van der Waals surface area contributed by atoms with Gasteiger partial charge in [-0.25, -0.2) is 4.79 Å². The van der Waals surface area contributed by atoms with Crippen LogP contribution < -0.4 is 22.1 Å². The number of aromatic nitrogens is 3. The first-order valence-electron chi connectivity index (χ1n) is 8.41. The molecule has 6 N–H and O–H groups in total. The third kappa shape index (κ3) is 4.50. The molecule has 1 heterocycles. The summed E-state index contributed by atoms with van der Waals surface area (Å²) in [5.74, 6) is 1.59. The van der Waals surface area contributed by atoms with Gasteiger partial charge >= 0.3 is 6.03 Å². The van der Waals surface area contributed by atoms with Gasteiger partial charge in [0, 0.05) is 6.04 Å². The highest BCUT2D eigenvalue weighted by molar-refractivity contribution is 7.99. The smallest absolute Gasteiger partial charge is 0.321 e. The third-order valence-corrected chi connectivity index (χ3v) is 5.88. The molecule has 1 aromatic heterocycles. The van der Waals surface area contributed by atoms with Crippen molar-refractivity contribution in [2.24, 2.45) is 17.8 Å². The van der Waals surface area contributed by atoms with E-state index in [0.29, 0.717) is 11.8 Å². The van der Waals surface area contributed by atoms with Gasteiger partial charge < -0.3 is 16.8 Å². The minimum atomic E-state index is -0.462. The second-order valence-electron chi connectivity index (χ2n) is 6.77. The molecule has 0 aliphatic heterocycles. The van der Waals surface area contributed by atoms with Crippen molar-refractivity contribution in [1.82, 2.24) is 25.6 Å². The predicted octanol–water partition coefficient (Wildman–Crippen LogP) is 0.779. The minimum absolute atomic E-state index is 0.00663. The number of anilines is 2. The van der Waals surface area contributed by atoms with E-state index in [-0.39, 0.29) is 28.8 Å². The Balaban J connectivity index is 1.42. The molecule has 2 aliphatic carbocycles. The van der Waals surface area contributed by atoms with Crippen molar-refractivity contribution in [2.45, 2.75) is 43.8 Å². The second kappa shape index (κ2) is 7.42. The van der Waals surface area contributed by atoms with Crippen molar-refractivity contribution < 1.29 is 9.59 Å². The molecule has 0 aromatic carbocycles. The molecule has 0 spiro atoms. The third-order valence-electron chi connectivity index (χ3n) is 5.03. The molecule has 3 amide bonds. The number of nitrogens with one attached hydrogen (secondary N) is 2. The number of hydrogen-bond acceptors (Lipinski definition) is 8. The minimum Gasteiger partial charge on any atom is -0.368 e. The van der Waals surface area contributed by atoms with Gasteiger partial charge in [-0.3, -0.25) is 10.1 Å². The summed E-state index contributed by atoms with van der Waals surface area (Å²) in [7, 11) is 0. The van der Waals surface area contributed by atoms with Gasteiger partial charge in [-0.15, -0.1) is 0 Å². The number of urea groups is 1. The van der Waals surface area contributed by atoms with Crippen LogP contribution in [0.3, 0.4) is 0 Å². The number of hydrogen-bond donors (Lipinski definition) is 4. The number of imide groups is 1. The van der Waals surface area contributed by atoms with Crippen molar-refractivity contribution in [2.75, 3.05) is 17.2 Å². The van der Waals surface area contributed by atoms with E-state index in [9.17, 15) is 9.59 Å². The number of carbonyl (C=O) groups excluding carboxylic acids is 2. The highest BCUT2D eigenvalue weighted by Gasteiger charge is 2.42. The molecule has 0 saturated heterocycles. The van der Waals surface area contributed by atoms with Gasteiger partial charge in [0.05, 0.1) is 5.75 Å². The molecular formula is C15H23N7O2S. The number of fused-ring (bicyclic) bond motifs is 2. The van der Waals surface area contributed by atoms with E-state index >= 15 is 0 Å². The molecule has 4 atom stereocenters. The Labute approximate surface area is 150 Å². The maximum absolute atomic E-state index is 12.0. The molecule has 2 bridgehead atoms. The van der Waals surface area contributed by atoms with Crippen LogP contribution in [-0.4, -0.2) is 38.7 Å². The molecule has 9 nitrogen and oxygen atoms in total. The largest absolute Gasteiger partial charge is 0.368 e. The van der Waals surface area contributed by atoms with Crippen LogP contribution in [0.5, 0.6) is 0 Å². The van der Waals surface area contributed by atoms with Crippen molar-refractivity contribution in [3.8, 4) is 0 Å². The van der Waals surface area contributed by atoms with Crippen LogP contribution in [0.25, 0.3) is 0 Å². The van der Waals surface area contributed by atoms with E-state index in [0.717, 1.165) is 17.7 Å². The van der Waals surface area contributed by atoms with Gasteiger partial charge in [0.1, 0.15) is 0 Å². The lowest BCUT2D eigenvalue weighted by Crippen LogP contribution is -2.47. The van der Waals surface area contributed by atoms with Gasteiger partial charge in [-0.05, 0) is 43.9 Å². The Hall–Kier alpha value is -2.10. The van der Waals surface area contributed by atoms with Crippen molar-refractivity contribution >= 4 is 35.6 Å². The predicted molar refractivity (Wildman–Crippen MR) is 94.5 cm³/mol. The van der Waals surface area contributed by atoms with Gasteiger partial charge in [0.2, 0.25) is 17.8 Å². The Morgan fingerprint density at radius 2 is 1.92 bits per heavy atom. The number of rotatable bonds is 5. The Morgan fingerprint density at radius 3 is 2.52 bits per heavy atom. The summed E-state index contributed by atoms with van der Waals surface area (Å²) in [6.45, 7) is 2.01. The highest BCUT2D eigenvalue weighted by atomic mass is 32.2. The number of amides is 3. The average molecular weight is 365 g/mol. The molecule has 1 aromatic rings. The molecule has 3 rings (SSSR count). The molecule has 25 heavy (non-hydrogen) atoms. The van der Waals surface area contributed by atoms with Gasteiger partial charge in [-0.1, -0.05) is 18.2 Å². The van der Waals surface area contributed by atoms with Gasteiger partial charge in [-0.2, -0.15) is 15.0 Å². The summed E-state index contributed by atoms with van der Waals surface area (Å²) in [5.41, 5.74) is 10.9. The average Bonchev–Trinajstić information content (AvgIpc) is 3.15. The molecule has 2 aliphatic rings. The first-order chi connectivity index (χ1) is 11.9. The summed E-state index contributed by atoms with van der Waals surface area (Å²) in [6.07, 6.45) is 5.04. The molecule has 2 fully saturated rings. The zero-order valence-corrected chi connectivity index (χ0v) is 14.9. The molecule has 0 unspecified atom stereocenters. The molecule has 0 radical (unpaired) electrons. The summed E-state index contributed by atoms with van der Waals surface area (Å²) < 4.78 is 0. The maximum atomic E-state index is 12.0. The SMILES string of the molecule is C[C@@H](NC(=O)NC(=O)CSc1nc(N)nc(N)n1)[C@H]1C[C@@H]2CC[C@@H]1C2. The van der Waals surface area contributed by atoms with Gasteiger partial charge in [0.15, 0.2) is 5.16 Å². The summed E-state index contributed by atoms with van der Waals surface area (Å²) in [5, 5.41) is 5.47. The Bertz CT molecular complexity index is 651. The van der Waals surface area contributed by atoms with Crippen LogP contribution in [0.1, 0.15) is 32.6 Å². The van der Waals surface area contributed by atoms with Crippen LogP contribution in [0.2, 0.25) is 0 Å². The first-order valence-corrected chi connectivity index (χ1v) is 9.39. The summed E-state index contributed by atoms with van der Waals surface area (Å²) in [4.78, 5) is 35.3. The van der Waals surface area contributed by atoms with Crippen LogP contribution in [-0.2, 0) is 4.79 Å². The quantitative estimate of drug-likeness (QED) is 0.559. The number of nitrogens with zero attached hydrogens (tertiary/aromatic N) is 3. The lowest BCUT2D eigenvalue weighted by atomic mass is 9.84. The van der Waals surface area contributed by atoms with Crippen LogP contribution in [0.15, 0.2) is 5.16 Å². The Kier molecular flexibility index (Phi) is 5.26. The normalized spacial score (nSPS) is 25.6. The fourth-order valence-corrected chi connectivity index (χ4v) is 4.65. The monoisotopic (exact) mass is 365 g/mol. The van der Waals surface area contributed by atoms with Crippen molar-refractivity contribution in [3.63, 3.8) is 0 Å². The maximum Gasteiger partial charge on any atom is 0.321 e. The van der Waals surface area contributed by atoms with Crippen molar-refractivity contribution in [3.05, 3.63) is 0 Å². The highest BCUT2D eigenvalue weighted by Crippen LogP contribution is 2.49. The van der Waals surface area contributed by atoms with E-state index < -0.39 is 11.9 Å². The fraction of sp³-hybridized carbons (Fsp3) is 0.667. The zero-order chi connectivity index (χ0) is 18.0. The van der Waals surface area contributed by atoms with E-state index in [1.54, 1.807) is 0 Å². The number of carbonyl (C=O) groups is 2. The summed E-state index contributed by atoms with van der Waals surface area (Å²) in [6, 6.07) is -0.394. The van der Waals surface area contributed by atoms with E-state index in [1.807, 2.05) is 6.92 Å². The summed E-state index contributed by atoms with van der Waals surface area (Å²) >= 11 is 1.04. The lowest BCUT2D eigenvalue weighted by Gasteiger charge is -2.28. The molecule has 2 saturated carbocycles. The molecule has 136 valence electrons. The van der Waals surface area contributed by atoms with Crippen LogP contribution >= 0.6 is 11.8 Å². The van der Waals surface area contributed by atoms with Crippen LogP contribution in [0, 0.1) is 17.8 Å². The van der Waals surface area contributed by atoms with E-state index in [2.05, 4.69) is 25.6 Å². The fourth-order valence-electron chi connectivity index (χ4n) is 4.00. The molecule has 10 heteroatoms. The zero-order valence-electron chi connectivity index (χ0n) is 14.1. The number of nitrogens with two attached hydrogens (primary N) is 2. The van der Waals surface area contributed by atoms with Crippen LogP contribution in [0.4, 0.5) is 16.7 Å². The Morgan fingerprint density at radius 1 is 1.20 bits per heavy atom. The standard InChI is InChI=1S/C15H23N7O2S/c1-7(10-5-8-2-3-9(10)4-8)18-14(24)19-11(23)6-25-15-21-12(16)20-13(17)22-15/h7-10H,2-6H2,1H3,(H2,18,19,23,24)(H4,16,17,20,21,22)/t7-,8-,9-,10-/m1/s1.